The summed E-state index contributed by atoms with van der Waals surface area (Å²) < 4.78 is 54.5. The van der Waals surface area contributed by atoms with Gasteiger partial charge in [-0.1, -0.05) is 42.5 Å². The Kier molecular flexibility index (Phi) is 6.46. The summed E-state index contributed by atoms with van der Waals surface area (Å²) in [5.74, 6) is -0.758. The molecule has 0 bridgehead atoms. The minimum Gasteiger partial charge on any atom is -0.497 e. The molecular weight excluding hydrogens is 437 g/mol. The second-order valence-electron chi connectivity index (χ2n) is 9.10. The lowest BCUT2D eigenvalue weighted by Crippen LogP contribution is -2.08. The zero-order valence-corrected chi connectivity index (χ0v) is 19.1. The maximum Gasteiger partial charge on any atom is 0.166 e. The highest BCUT2D eigenvalue weighted by Gasteiger charge is 2.26. The van der Waals surface area contributed by atoms with Crippen LogP contribution in [0.4, 0.5) is 13.2 Å². The fourth-order valence-electron chi connectivity index (χ4n) is 4.76. The standard InChI is InChI=1S/C29H27F3O2/c1-33-23-12-8-20(9-13-23)25-15-10-21(28(31)29(25)32)7-4-18-2-5-19(6-3-18)24-14-11-22(16-26(24)30)27-17-34-27/h5,8-16,18,27H,2-4,6-7,17H2,1H3. The zero-order valence-electron chi connectivity index (χ0n) is 19.1. The predicted octanol–water partition coefficient (Wildman–Crippen LogP) is 7.67. The summed E-state index contributed by atoms with van der Waals surface area (Å²) in [6.45, 7) is 0.665. The van der Waals surface area contributed by atoms with E-state index in [0.29, 0.717) is 41.4 Å². The normalized spacial score (nSPS) is 19.6. The van der Waals surface area contributed by atoms with Gasteiger partial charge in [0.1, 0.15) is 17.7 Å². The van der Waals surface area contributed by atoms with Crippen molar-refractivity contribution in [2.24, 2.45) is 5.92 Å². The van der Waals surface area contributed by atoms with E-state index in [-0.39, 0.29) is 17.5 Å². The monoisotopic (exact) mass is 464 g/mol. The lowest BCUT2D eigenvalue weighted by molar-refractivity contribution is 0.414. The third-order valence-electron chi connectivity index (χ3n) is 6.95. The number of aryl methyl sites for hydroxylation is 1. The van der Waals surface area contributed by atoms with Crippen LogP contribution < -0.4 is 4.74 Å². The molecule has 1 aliphatic heterocycles. The number of methoxy groups -OCH3 is 1. The third kappa shape index (κ3) is 4.76. The summed E-state index contributed by atoms with van der Waals surface area (Å²) >= 11 is 0. The van der Waals surface area contributed by atoms with Gasteiger partial charge in [0.2, 0.25) is 0 Å². The van der Waals surface area contributed by atoms with Crippen molar-refractivity contribution in [3.8, 4) is 16.9 Å². The molecule has 2 aliphatic rings. The molecule has 1 aliphatic carbocycles. The SMILES string of the molecule is COc1ccc(-c2ccc(CCC3CC=C(c4ccc(C5CO5)cc4F)CC3)c(F)c2F)cc1. The van der Waals surface area contributed by atoms with Crippen LogP contribution in [0.5, 0.6) is 5.75 Å². The Morgan fingerprint density at radius 2 is 1.71 bits per heavy atom. The van der Waals surface area contributed by atoms with Crippen molar-refractivity contribution in [3.63, 3.8) is 0 Å². The van der Waals surface area contributed by atoms with Gasteiger partial charge >= 0.3 is 0 Å². The highest BCUT2D eigenvalue weighted by Crippen LogP contribution is 2.37. The predicted molar refractivity (Wildman–Crippen MR) is 127 cm³/mol. The molecule has 0 amide bonds. The van der Waals surface area contributed by atoms with E-state index in [1.54, 1.807) is 49.6 Å². The highest BCUT2D eigenvalue weighted by molar-refractivity contribution is 5.67. The van der Waals surface area contributed by atoms with Gasteiger partial charge in [0.25, 0.3) is 0 Å². The first-order valence-corrected chi connectivity index (χ1v) is 11.7. The quantitative estimate of drug-likeness (QED) is 0.335. The minimum absolute atomic E-state index is 0.0452. The Hall–Kier alpha value is -3.05. The molecule has 5 heteroatoms. The van der Waals surface area contributed by atoms with Gasteiger partial charge in [0.15, 0.2) is 11.6 Å². The number of hydrogen-bond acceptors (Lipinski definition) is 2. The molecule has 2 nitrogen and oxygen atoms in total. The molecule has 0 saturated carbocycles. The van der Waals surface area contributed by atoms with Crippen molar-refractivity contribution in [1.29, 1.82) is 0 Å². The summed E-state index contributed by atoms with van der Waals surface area (Å²) in [4.78, 5) is 0. The summed E-state index contributed by atoms with van der Waals surface area (Å²) in [5, 5.41) is 0. The lowest BCUT2D eigenvalue weighted by atomic mass is 9.83. The van der Waals surface area contributed by atoms with Crippen LogP contribution in [0.2, 0.25) is 0 Å². The van der Waals surface area contributed by atoms with Gasteiger partial charge in [0, 0.05) is 11.1 Å². The number of epoxide rings is 1. The summed E-state index contributed by atoms with van der Waals surface area (Å²) in [6.07, 6.45) is 5.90. The van der Waals surface area contributed by atoms with Crippen LogP contribution in [0.15, 0.2) is 60.7 Å². The topological polar surface area (TPSA) is 21.8 Å². The van der Waals surface area contributed by atoms with Gasteiger partial charge in [0.05, 0.1) is 13.7 Å². The number of ether oxygens (including phenoxy) is 2. The molecule has 176 valence electrons. The summed E-state index contributed by atoms with van der Waals surface area (Å²) in [6, 6.07) is 15.6. The van der Waals surface area contributed by atoms with Crippen molar-refractivity contribution in [2.45, 2.75) is 38.2 Å². The zero-order chi connectivity index (χ0) is 23.7. The molecule has 2 unspecified atom stereocenters. The highest BCUT2D eigenvalue weighted by atomic mass is 19.2. The maximum atomic E-state index is 14.8. The Labute approximate surface area is 198 Å². The van der Waals surface area contributed by atoms with E-state index in [1.165, 1.54) is 0 Å². The Bertz CT molecular complexity index is 1210. The first-order valence-electron chi connectivity index (χ1n) is 11.7. The first kappa shape index (κ1) is 22.7. The van der Waals surface area contributed by atoms with Gasteiger partial charge in [-0.25, -0.2) is 13.2 Å². The molecule has 3 aromatic rings. The van der Waals surface area contributed by atoms with Crippen molar-refractivity contribution < 1.29 is 22.6 Å². The molecule has 0 radical (unpaired) electrons. The van der Waals surface area contributed by atoms with Crippen molar-refractivity contribution in [3.05, 3.63) is 94.8 Å². The van der Waals surface area contributed by atoms with Crippen molar-refractivity contribution >= 4 is 5.57 Å². The molecular formula is C29H27F3O2. The average molecular weight is 465 g/mol. The molecule has 0 spiro atoms. The van der Waals surface area contributed by atoms with Gasteiger partial charge in [-0.05, 0) is 78.5 Å². The summed E-state index contributed by atoms with van der Waals surface area (Å²) in [5.41, 5.74) is 3.83. The largest absolute Gasteiger partial charge is 0.497 e. The minimum atomic E-state index is -0.816. The Morgan fingerprint density at radius 1 is 0.941 bits per heavy atom. The fraction of sp³-hybridized carbons (Fsp3) is 0.310. The smallest absolute Gasteiger partial charge is 0.166 e. The number of hydrogen-bond donors (Lipinski definition) is 0. The van der Waals surface area contributed by atoms with E-state index in [1.807, 2.05) is 12.1 Å². The van der Waals surface area contributed by atoms with E-state index < -0.39 is 11.6 Å². The molecule has 0 N–H and O–H groups in total. The van der Waals surface area contributed by atoms with E-state index in [2.05, 4.69) is 6.08 Å². The van der Waals surface area contributed by atoms with Crippen LogP contribution >= 0.6 is 0 Å². The molecule has 1 fully saturated rings. The molecule has 3 aromatic carbocycles. The number of halogens is 3. The van der Waals surface area contributed by atoms with Crippen LogP contribution in [-0.4, -0.2) is 13.7 Å². The van der Waals surface area contributed by atoms with Crippen LogP contribution in [0.25, 0.3) is 16.7 Å². The van der Waals surface area contributed by atoms with Gasteiger partial charge in [-0.2, -0.15) is 0 Å². The second kappa shape index (κ2) is 9.67. The maximum absolute atomic E-state index is 14.8. The van der Waals surface area contributed by atoms with Crippen LogP contribution in [0.1, 0.15) is 48.5 Å². The molecule has 5 rings (SSSR count). The van der Waals surface area contributed by atoms with Gasteiger partial charge in [-0.3, -0.25) is 0 Å². The molecule has 34 heavy (non-hydrogen) atoms. The molecule has 1 heterocycles. The Balaban J connectivity index is 1.22. The van der Waals surface area contributed by atoms with Crippen molar-refractivity contribution in [2.75, 3.05) is 13.7 Å². The summed E-state index contributed by atoms with van der Waals surface area (Å²) in [7, 11) is 1.56. The lowest BCUT2D eigenvalue weighted by Gasteiger charge is -2.23. The van der Waals surface area contributed by atoms with Gasteiger partial charge < -0.3 is 9.47 Å². The average Bonchev–Trinajstić information content (AvgIpc) is 3.71. The second-order valence-corrected chi connectivity index (χ2v) is 9.10. The van der Waals surface area contributed by atoms with Crippen LogP contribution in [-0.2, 0) is 11.2 Å². The fourth-order valence-corrected chi connectivity index (χ4v) is 4.76. The number of benzene rings is 3. The first-order chi connectivity index (χ1) is 16.5. The third-order valence-corrected chi connectivity index (χ3v) is 6.95. The van der Waals surface area contributed by atoms with Gasteiger partial charge in [-0.15, -0.1) is 0 Å². The molecule has 1 saturated heterocycles. The number of allylic oxidation sites excluding steroid dienone is 2. The van der Waals surface area contributed by atoms with E-state index >= 15 is 0 Å². The van der Waals surface area contributed by atoms with Crippen molar-refractivity contribution in [1.82, 2.24) is 0 Å². The van der Waals surface area contributed by atoms with Crippen LogP contribution in [0.3, 0.4) is 0 Å². The van der Waals surface area contributed by atoms with E-state index in [4.69, 9.17) is 9.47 Å². The van der Waals surface area contributed by atoms with E-state index in [0.717, 1.165) is 36.8 Å². The molecule has 0 aromatic heterocycles. The van der Waals surface area contributed by atoms with E-state index in [9.17, 15) is 13.2 Å². The Morgan fingerprint density at radius 3 is 2.35 bits per heavy atom. The van der Waals surface area contributed by atoms with Crippen LogP contribution in [0, 0.1) is 23.4 Å². The molecule has 2 atom stereocenters. The number of rotatable bonds is 7.